The molecule has 1 rings (SSSR count). The minimum absolute atomic E-state index is 0.286. The second-order valence-corrected chi connectivity index (χ2v) is 4.15. The van der Waals surface area contributed by atoms with Crippen LogP contribution in [0.2, 0.25) is 0 Å². The highest BCUT2D eigenvalue weighted by atomic mass is 79.9. The van der Waals surface area contributed by atoms with Crippen LogP contribution >= 0.6 is 15.9 Å². The molecule has 0 aliphatic carbocycles. The molecular formula is C8H15BrN4. The molecular weight excluding hydrogens is 232 g/mol. The van der Waals surface area contributed by atoms with Crippen molar-refractivity contribution in [2.24, 2.45) is 13.0 Å². The van der Waals surface area contributed by atoms with Gasteiger partial charge < -0.3 is 5.32 Å². The summed E-state index contributed by atoms with van der Waals surface area (Å²) in [4.78, 5) is 0. The molecule has 1 N–H and O–H groups in total. The van der Waals surface area contributed by atoms with Crippen LogP contribution in [0.3, 0.4) is 0 Å². The van der Waals surface area contributed by atoms with E-state index in [1.54, 1.807) is 4.68 Å². The van der Waals surface area contributed by atoms with Gasteiger partial charge in [0, 0.05) is 7.05 Å². The maximum atomic E-state index is 3.96. The van der Waals surface area contributed by atoms with E-state index in [2.05, 4.69) is 45.4 Å². The van der Waals surface area contributed by atoms with Gasteiger partial charge in [-0.25, -0.2) is 4.68 Å². The number of nitrogens with one attached hydrogen (secondary N) is 1. The van der Waals surface area contributed by atoms with Gasteiger partial charge in [0.1, 0.15) is 0 Å². The van der Waals surface area contributed by atoms with Crippen molar-refractivity contribution in [2.75, 3.05) is 7.05 Å². The summed E-state index contributed by atoms with van der Waals surface area (Å²) in [6, 6.07) is 0.286. The average Bonchev–Trinajstić information content (AvgIpc) is 2.36. The number of hydrogen-bond donors (Lipinski definition) is 1. The zero-order valence-electron chi connectivity index (χ0n) is 8.37. The van der Waals surface area contributed by atoms with Crippen LogP contribution in [0.1, 0.15) is 25.6 Å². The SMILES string of the molecule is CNC(c1c(Br)nnn1C)C(C)C. The van der Waals surface area contributed by atoms with Gasteiger partial charge in [0.05, 0.1) is 11.7 Å². The third kappa shape index (κ3) is 2.08. The molecule has 0 saturated heterocycles. The molecule has 0 amide bonds. The minimum Gasteiger partial charge on any atom is -0.311 e. The molecule has 5 heteroatoms. The van der Waals surface area contributed by atoms with Gasteiger partial charge in [-0.15, -0.1) is 5.10 Å². The van der Waals surface area contributed by atoms with Gasteiger partial charge in [-0.3, -0.25) is 0 Å². The van der Waals surface area contributed by atoms with Crippen molar-refractivity contribution in [3.8, 4) is 0 Å². The molecule has 1 atom stereocenters. The van der Waals surface area contributed by atoms with Gasteiger partial charge in [0.15, 0.2) is 4.60 Å². The lowest BCUT2D eigenvalue weighted by Crippen LogP contribution is -2.24. The smallest absolute Gasteiger partial charge is 0.153 e. The van der Waals surface area contributed by atoms with Gasteiger partial charge >= 0.3 is 0 Å². The number of hydrogen-bond acceptors (Lipinski definition) is 3. The number of halogens is 1. The van der Waals surface area contributed by atoms with E-state index in [0.29, 0.717) is 5.92 Å². The fourth-order valence-corrected chi connectivity index (χ4v) is 2.03. The van der Waals surface area contributed by atoms with Crippen molar-refractivity contribution in [2.45, 2.75) is 19.9 Å². The highest BCUT2D eigenvalue weighted by Crippen LogP contribution is 2.25. The molecule has 0 saturated carbocycles. The molecule has 0 bridgehead atoms. The Bertz CT molecular complexity index is 262. The average molecular weight is 247 g/mol. The predicted molar refractivity (Wildman–Crippen MR) is 55.3 cm³/mol. The number of nitrogens with zero attached hydrogens (tertiary/aromatic N) is 3. The Morgan fingerprint density at radius 2 is 2.08 bits per heavy atom. The molecule has 0 aromatic carbocycles. The lowest BCUT2D eigenvalue weighted by molar-refractivity contribution is 0.415. The topological polar surface area (TPSA) is 42.7 Å². The Kier molecular flexibility index (Phi) is 3.44. The summed E-state index contributed by atoms with van der Waals surface area (Å²) in [6.45, 7) is 4.33. The van der Waals surface area contributed by atoms with E-state index < -0.39 is 0 Å². The number of rotatable bonds is 3. The normalized spacial score (nSPS) is 13.7. The van der Waals surface area contributed by atoms with E-state index >= 15 is 0 Å². The Morgan fingerprint density at radius 1 is 1.46 bits per heavy atom. The summed E-state index contributed by atoms with van der Waals surface area (Å²) in [5.41, 5.74) is 1.09. The van der Waals surface area contributed by atoms with E-state index in [0.717, 1.165) is 10.3 Å². The van der Waals surface area contributed by atoms with E-state index in [-0.39, 0.29) is 6.04 Å². The molecule has 1 aromatic heterocycles. The van der Waals surface area contributed by atoms with E-state index in [1.165, 1.54) is 0 Å². The first-order valence-electron chi connectivity index (χ1n) is 4.30. The molecule has 4 nitrogen and oxygen atoms in total. The summed E-state index contributed by atoms with van der Waals surface area (Å²) in [6.07, 6.45) is 0. The highest BCUT2D eigenvalue weighted by molar-refractivity contribution is 9.10. The molecule has 13 heavy (non-hydrogen) atoms. The fourth-order valence-electron chi connectivity index (χ4n) is 1.45. The summed E-state index contributed by atoms with van der Waals surface area (Å²) >= 11 is 3.39. The third-order valence-electron chi connectivity index (χ3n) is 2.10. The van der Waals surface area contributed by atoms with Crippen LogP contribution in [0, 0.1) is 5.92 Å². The largest absolute Gasteiger partial charge is 0.311 e. The van der Waals surface area contributed by atoms with Gasteiger partial charge in [-0.1, -0.05) is 19.1 Å². The zero-order valence-corrected chi connectivity index (χ0v) is 9.96. The second kappa shape index (κ2) is 4.19. The Morgan fingerprint density at radius 3 is 2.38 bits per heavy atom. The van der Waals surface area contributed by atoms with E-state index in [4.69, 9.17) is 0 Å². The summed E-state index contributed by atoms with van der Waals surface area (Å²) < 4.78 is 2.62. The van der Waals surface area contributed by atoms with Crippen molar-refractivity contribution in [1.82, 2.24) is 20.3 Å². The Balaban J connectivity index is 3.03. The summed E-state index contributed by atoms with van der Waals surface area (Å²) in [5, 5.41) is 11.2. The monoisotopic (exact) mass is 246 g/mol. The quantitative estimate of drug-likeness (QED) is 0.880. The summed E-state index contributed by atoms with van der Waals surface area (Å²) in [5.74, 6) is 0.512. The molecule has 1 aromatic rings. The first-order valence-corrected chi connectivity index (χ1v) is 5.09. The molecule has 1 unspecified atom stereocenters. The molecule has 0 aliphatic heterocycles. The zero-order chi connectivity index (χ0) is 10.0. The molecule has 74 valence electrons. The van der Waals surface area contributed by atoms with Gasteiger partial charge in [-0.2, -0.15) is 0 Å². The molecule has 0 fully saturated rings. The van der Waals surface area contributed by atoms with Crippen LogP contribution in [0.25, 0.3) is 0 Å². The molecule has 0 spiro atoms. The first-order chi connectivity index (χ1) is 6.07. The first kappa shape index (κ1) is 10.7. The van der Waals surface area contributed by atoms with E-state index in [9.17, 15) is 0 Å². The van der Waals surface area contributed by atoms with Gasteiger partial charge in [-0.05, 0) is 28.9 Å². The van der Waals surface area contributed by atoms with Crippen molar-refractivity contribution in [3.63, 3.8) is 0 Å². The van der Waals surface area contributed by atoms with Crippen LogP contribution in [0.5, 0.6) is 0 Å². The lowest BCUT2D eigenvalue weighted by Gasteiger charge is -2.19. The van der Waals surface area contributed by atoms with E-state index in [1.807, 2.05) is 14.1 Å². The minimum atomic E-state index is 0.286. The van der Waals surface area contributed by atoms with Gasteiger partial charge in [0.2, 0.25) is 0 Å². The van der Waals surface area contributed by atoms with Crippen molar-refractivity contribution < 1.29 is 0 Å². The highest BCUT2D eigenvalue weighted by Gasteiger charge is 2.21. The maximum absolute atomic E-state index is 3.96. The molecule has 1 heterocycles. The van der Waals surface area contributed by atoms with Crippen LogP contribution < -0.4 is 5.32 Å². The van der Waals surface area contributed by atoms with Crippen molar-refractivity contribution in [3.05, 3.63) is 10.3 Å². The predicted octanol–water partition coefficient (Wildman–Crippen LogP) is 1.49. The fraction of sp³-hybridized carbons (Fsp3) is 0.750. The van der Waals surface area contributed by atoms with Crippen LogP contribution in [-0.4, -0.2) is 22.0 Å². The Hall–Kier alpha value is -0.420. The van der Waals surface area contributed by atoms with Gasteiger partial charge in [0.25, 0.3) is 0 Å². The van der Waals surface area contributed by atoms with Crippen molar-refractivity contribution >= 4 is 15.9 Å². The maximum Gasteiger partial charge on any atom is 0.153 e. The third-order valence-corrected chi connectivity index (χ3v) is 2.66. The number of aromatic nitrogens is 3. The molecule has 0 radical (unpaired) electrons. The lowest BCUT2D eigenvalue weighted by atomic mass is 10.0. The van der Waals surface area contributed by atoms with Crippen LogP contribution in [-0.2, 0) is 7.05 Å². The number of aryl methyl sites for hydroxylation is 1. The molecule has 0 aliphatic rings. The summed E-state index contributed by atoms with van der Waals surface area (Å²) in [7, 11) is 3.85. The van der Waals surface area contributed by atoms with Crippen LogP contribution in [0.15, 0.2) is 4.60 Å². The Labute approximate surface area is 86.8 Å². The standard InChI is InChI=1S/C8H15BrN4/c1-5(2)6(10-3)7-8(9)11-12-13(7)4/h5-6,10H,1-4H3. The van der Waals surface area contributed by atoms with Crippen molar-refractivity contribution in [1.29, 1.82) is 0 Å². The van der Waals surface area contributed by atoms with Crippen LogP contribution in [0.4, 0.5) is 0 Å². The second-order valence-electron chi connectivity index (χ2n) is 3.40.